The Bertz CT molecular complexity index is 1010. The number of H-pyrrole nitrogens is 1. The Hall–Kier alpha value is -1.93. The van der Waals surface area contributed by atoms with Gasteiger partial charge in [-0.1, -0.05) is 46.6 Å². The van der Waals surface area contributed by atoms with Gasteiger partial charge < -0.3 is 9.64 Å². The Morgan fingerprint density at radius 1 is 1.14 bits per heavy atom. The Labute approximate surface area is 187 Å². The van der Waals surface area contributed by atoms with Crippen LogP contribution in [0.3, 0.4) is 0 Å². The fourth-order valence-electron chi connectivity index (χ4n) is 2.60. The van der Waals surface area contributed by atoms with Gasteiger partial charge in [0, 0.05) is 28.7 Å². The van der Waals surface area contributed by atoms with Gasteiger partial charge >= 0.3 is 0 Å². The van der Waals surface area contributed by atoms with Crippen molar-refractivity contribution in [1.82, 2.24) is 20.1 Å². The van der Waals surface area contributed by atoms with E-state index in [2.05, 4.69) is 15.2 Å². The van der Waals surface area contributed by atoms with Crippen LogP contribution in [0.15, 0.2) is 41.6 Å². The summed E-state index contributed by atoms with van der Waals surface area (Å²) >= 11 is 19.3. The molecule has 0 atom stereocenters. The van der Waals surface area contributed by atoms with Crippen LogP contribution in [0.2, 0.25) is 15.1 Å². The van der Waals surface area contributed by atoms with Crippen LogP contribution >= 0.6 is 46.6 Å². The number of nitrogens with zero attached hydrogens (tertiary/aromatic N) is 3. The van der Waals surface area contributed by atoms with Gasteiger partial charge in [0.15, 0.2) is 5.82 Å². The monoisotopic (exact) mass is 470 g/mol. The number of carbonyl (C=O) groups is 1. The largest absolute Gasteiger partial charge is 0.496 e. The van der Waals surface area contributed by atoms with Crippen LogP contribution in [0, 0.1) is 0 Å². The molecular weight excluding hydrogens is 455 g/mol. The van der Waals surface area contributed by atoms with Gasteiger partial charge in [-0.15, -0.1) is 5.10 Å². The quantitative estimate of drug-likeness (QED) is 0.480. The highest BCUT2D eigenvalue weighted by Crippen LogP contribution is 2.31. The number of hydrogen-bond acceptors (Lipinski definition) is 5. The van der Waals surface area contributed by atoms with Crippen molar-refractivity contribution in [2.75, 3.05) is 19.9 Å². The fraction of sp³-hybridized carbons (Fsp3) is 0.211. The van der Waals surface area contributed by atoms with Crippen LogP contribution in [-0.4, -0.2) is 45.9 Å². The zero-order valence-corrected chi connectivity index (χ0v) is 18.7. The van der Waals surface area contributed by atoms with Crippen LogP contribution in [0.4, 0.5) is 0 Å². The van der Waals surface area contributed by atoms with E-state index in [0.29, 0.717) is 43.9 Å². The first kappa shape index (κ1) is 21.8. The summed E-state index contributed by atoms with van der Waals surface area (Å²) in [4.78, 5) is 18.5. The number of amides is 1. The fourth-order valence-corrected chi connectivity index (χ4v) is 4.08. The van der Waals surface area contributed by atoms with Crippen molar-refractivity contribution < 1.29 is 9.53 Å². The number of aromatic nitrogens is 3. The molecule has 1 N–H and O–H groups in total. The maximum absolute atomic E-state index is 12.4. The number of methoxy groups -OCH3 is 1. The van der Waals surface area contributed by atoms with Crippen molar-refractivity contribution in [3.8, 4) is 17.1 Å². The van der Waals surface area contributed by atoms with Crippen LogP contribution in [0.5, 0.6) is 5.75 Å². The lowest BCUT2D eigenvalue weighted by Crippen LogP contribution is -2.27. The summed E-state index contributed by atoms with van der Waals surface area (Å²) in [7, 11) is 3.29. The molecule has 29 heavy (non-hydrogen) atoms. The molecule has 0 aliphatic heterocycles. The lowest BCUT2D eigenvalue weighted by Gasteiger charge is -2.17. The molecule has 0 aliphatic carbocycles. The predicted molar refractivity (Wildman–Crippen MR) is 117 cm³/mol. The Balaban J connectivity index is 1.62. The molecule has 0 saturated heterocycles. The zero-order valence-electron chi connectivity index (χ0n) is 15.6. The van der Waals surface area contributed by atoms with Crippen molar-refractivity contribution in [1.29, 1.82) is 0 Å². The minimum atomic E-state index is -0.0715. The molecule has 0 bridgehead atoms. The molecular formula is C19H17Cl3N4O2S. The van der Waals surface area contributed by atoms with Gasteiger partial charge in [-0.2, -0.15) is 0 Å². The van der Waals surface area contributed by atoms with Gasteiger partial charge in [-0.05, 0) is 42.0 Å². The minimum Gasteiger partial charge on any atom is -0.496 e. The molecule has 0 saturated carbocycles. The van der Waals surface area contributed by atoms with Crippen LogP contribution in [0.25, 0.3) is 11.4 Å². The third-order valence-corrected chi connectivity index (χ3v) is 5.48. The average molecular weight is 472 g/mol. The molecule has 3 rings (SSSR count). The smallest absolute Gasteiger partial charge is 0.233 e. The number of aromatic amines is 1. The number of halogens is 3. The van der Waals surface area contributed by atoms with Crippen molar-refractivity contribution >= 4 is 52.5 Å². The second-order valence-corrected chi connectivity index (χ2v) is 8.38. The van der Waals surface area contributed by atoms with Crippen LogP contribution in [0.1, 0.15) is 5.56 Å². The van der Waals surface area contributed by atoms with Crippen LogP contribution < -0.4 is 4.74 Å². The van der Waals surface area contributed by atoms with E-state index in [9.17, 15) is 4.79 Å². The summed E-state index contributed by atoms with van der Waals surface area (Å²) in [6, 6.07) is 10.4. The maximum atomic E-state index is 12.4. The van der Waals surface area contributed by atoms with E-state index in [1.54, 1.807) is 55.5 Å². The van der Waals surface area contributed by atoms with E-state index in [0.717, 1.165) is 5.56 Å². The van der Waals surface area contributed by atoms with Gasteiger partial charge in [0.25, 0.3) is 0 Å². The Morgan fingerprint density at radius 2 is 1.86 bits per heavy atom. The standard InChI is InChI=1S/C19H17Cl3N4O2S/c1-26(9-11-5-13(21)7-14(22)6-11)17(27)10-29-19-23-18(24-25-19)15-8-12(20)3-4-16(15)28-2/h3-8H,9-10H2,1-2H3,(H,23,24,25). The second kappa shape index (κ2) is 9.71. The third-order valence-electron chi connectivity index (χ3n) is 3.97. The molecule has 1 heterocycles. The lowest BCUT2D eigenvalue weighted by molar-refractivity contribution is -0.127. The molecule has 1 amide bonds. The van der Waals surface area contributed by atoms with E-state index in [1.165, 1.54) is 11.8 Å². The van der Waals surface area contributed by atoms with E-state index >= 15 is 0 Å². The molecule has 6 nitrogen and oxygen atoms in total. The molecule has 0 aliphatic rings. The minimum absolute atomic E-state index is 0.0715. The van der Waals surface area contributed by atoms with E-state index in [-0.39, 0.29) is 11.7 Å². The highest BCUT2D eigenvalue weighted by Gasteiger charge is 2.15. The molecule has 3 aromatic rings. The first-order valence-corrected chi connectivity index (χ1v) is 10.6. The van der Waals surface area contributed by atoms with Gasteiger partial charge in [0.1, 0.15) is 5.75 Å². The molecule has 10 heteroatoms. The maximum Gasteiger partial charge on any atom is 0.233 e. The first-order chi connectivity index (χ1) is 13.9. The Kier molecular flexibility index (Phi) is 7.29. The predicted octanol–water partition coefficient (Wildman–Crippen LogP) is 5.19. The van der Waals surface area contributed by atoms with Gasteiger partial charge in [0.2, 0.25) is 11.1 Å². The molecule has 0 fully saturated rings. The molecule has 0 unspecified atom stereocenters. The van der Waals surface area contributed by atoms with E-state index in [4.69, 9.17) is 39.5 Å². The topological polar surface area (TPSA) is 71.1 Å². The second-order valence-electron chi connectivity index (χ2n) is 6.13. The first-order valence-electron chi connectivity index (χ1n) is 8.43. The van der Waals surface area contributed by atoms with Crippen molar-refractivity contribution in [3.63, 3.8) is 0 Å². The molecule has 0 spiro atoms. The molecule has 2 aromatic carbocycles. The van der Waals surface area contributed by atoms with Crippen molar-refractivity contribution in [3.05, 3.63) is 57.0 Å². The number of rotatable bonds is 7. The number of ether oxygens (including phenoxy) is 1. The number of nitrogens with one attached hydrogen (secondary N) is 1. The summed E-state index contributed by atoms with van der Waals surface area (Å²) in [5, 5.41) is 9.10. The van der Waals surface area contributed by atoms with Crippen molar-refractivity contribution in [2.24, 2.45) is 0 Å². The van der Waals surface area contributed by atoms with Gasteiger partial charge in [0.05, 0.1) is 18.4 Å². The summed E-state index contributed by atoms with van der Waals surface area (Å²) < 4.78 is 5.33. The zero-order chi connectivity index (χ0) is 21.0. The summed E-state index contributed by atoms with van der Waals surface area (Å²) in [6.07, 6.45) is 0. The highest BCUT2D eigenvalue weighted by atomic mass is 35.5. The van der Waals surface area contributed by atoms with Crippen molar-refractivity contribution in [2.45, 2.75) is 11.7 Å². The normalized spacial score (nSPS) is 10.8. The number of thioether (sulfide) groups is 1. The van der Waals surface area contributed by atoms with E-state index in [1.807, 2.05) is 0 Å². The SMILES string of the molecule is COc1ccc(Cl)cc1-c1nc(SCC(=O)N(C)Cc2cc(Cl)cc(Cl)c2)n[nH]1. The molecule has 1 aromatic heterocycles. The van der Waals surface area contributed by atoms with Gasteiger partial charge in [-0.3, -0.25) is 9.89 Å². The number of benzene rings is 2. The summed E-state index contributed by atoms with van der Waals surface area (Å²) in [5.74, 6) is 1.26. The van der Waals surface area contributed by atoms with Crippen LogP contribution in [-0.2, 0) is 11.3 Å². The number of carbonyl (C=O) groups excluding carboxylic acids is 1. The lowest BCUT2D eigenvalue weighted by atomic mass is 10.2. The number of hydrogen-bond donors (Lipinski definition) is 1. The summed E-state index contributed by atoms with van der Waals surface area (Å²) in [6.45, 7) is 0.401. The Morgan fingerprint density at radius 3 is 2.55 bits per heavy atom. The molecule has 0 radical (unpaired) electrons. The van der Waals surface area contributed by atoms with E-state index < -0.39 is 0 Å². The summed E-state index contributed by atoms with van der Waals surface area (Å²) in [5.41, 5.74) is 1.55. The third kappa shape index (κ3) is 5.79. The average Bonchev–Trinajstić information content (AvgIpc) is 3.14. The van der Waals surface area contributed by atoms with Gasteiger partial charge in [-0.25, -0.2) is 4.98 Å². The highest BCUT2D eigenvalue weighted by molar-refractivity contribution is 7.99. The molecule has 152 valence electrons.